The van der Waals surface area contributed by atoms with Crippen molar-refractivity contribution >= 4 is 17.8 Å². The third-order valence-corrected chi connectivity index (χ3v) is 5.96. The molecule has 35 heavy (non-hydrogen) atoms. The van der Waals surface area contributed by atoms with E-state index in [2.05, 4.69) is 5.32 Å². The molecule has 0 radical (unpaired) electrons. The molecule has 2 aliphatic rings. The van der Waals surface area contributed by atoms with E-state index in [0.717, 1.165) is 5.56 Å². The number of amides is 4. The number of nitrogens with zero attached hydrogens (tertiary/aromatic N) is 4. The summed E-state index contributed by atoms with van der Waals surface area (Å²) in [7, 11) is 1.63. The number of carbonyl (C=O) groups excluding carboxylic acids is 3. The lowest BCUT2D eigenvalue weighted by molar-refractivity contribution is -0.178. The van der Waals surface area contributed by atoms with Gasteiger partial charge < -0.3 is 19.9 Å². The number of nitrogens with one attached hydrogen (secondary N) is 1. The third kappa shape index (κ3) is 5.92. The van der Waals surface area contributed by atoms with Crippen LogP contribution >= 0.6 is 0 Å². The van der Waals surface area contributed by atoms with Gasteiger partial charge in [-0.1, -0.05) is 24.3 Å². The van der Waals surface area contributed by atoms with Gasteiger partial charge >= 0.3 is 6.03 Å². The number of hydrazine groups is 1. The van der Waals surface area contributed by atoms with Crippen LogP contribution in [-0.2, 0) is 27.5 Å². The van der Waals surface area contributed by atoms with Crippen molar-refractivity contribution in [2.45, 2.75) is 19.3 Å². The Morgan fingerprint density at radius 2 is 1.80 bits per heavy atom. The fourth-order valence-electron chi connectivity index (χ4n) is 4.16. The highest BCUT2D eigenvalue weighted by atomic mass is 19.1. The molecule has 0 aliphatic carbocycles. The zero-order valence-electron chi connectivity index (χ0n) is 19.3. The van der Waals surface area contributed by atoms with E-state index in [1.807, 2.05) is 0 Å². The van der Waals surface area contributed by atoms with Gasteiger partial charge in [-0.05, 0) is 35.4 Å². The molecule has 2 heterocycles. The van der Waals surface area contributed by atoms with E-state index in [-0.39, 0.29) is 69.4 Å². The molecule has 1 unspecified atom stereocenters. The van der Waals surface area contributed by atoms with Gasteiger partial charge in [-0.3, -0.25) is 9.59 Å². The van der Waals surface area contributed by atoms with Crippen molar-refractivity contribution in [2.24, 2.45) is 0 Å². The summed E-state index contributed by atoms with van der Waals surface area (Å²) < 4.78 is 32.1. The van der Waals surface area contributed by atoms with Crippen LogP contribution in [0, 0.1) is 11.6 Å². The minimum absolute atomic E-state index is 0.0372. The summed E-state index contributed by atoms with van der Waals surface area (Å²) in [6, 6.07) is 11.4. The maximum atomic E-state index is 13.3. The summed E-state index contributed by atoms with van der Waals surface area (Å²) in [4.78, 5) is 41.3. The molecule has 11 heteroatoms. The first-order valence-electron chi connectivity index (χ1n) is 11.2. The molecule has 2 aliphatic heterocycles. The second-order valence-corrected chi connectivity index (χ2v) is 8.47. The first-order valence-corrected chi connectivity index (χ1v) is 11.2. The van der Waals surface area contributed by atoms with Gasteiger partial charge in [0.2, 0.25) is 11.8 Å². The van der Waals surface area contributed by atoms with Crippen LogP contribution in [0.2, 0.25) is 0 Å². The highest BCUT2D eigenvalue weighted by Gasteiger charge is 2.45. The monoisotopic (exact) mass is 487 g/mol. The number of hydrogen-bond acceptors (Lipinski definition) is 5. The smallest absolute Gasteiger partial charge is 0.334 e. The fraction of sp³-hybridized carbons (Fsp3) is 0.375. The number of ether oxygens (including phenoxy) is 1. The van der Waals surface area contributed by atoms with Crippen molar-refractivity contribution in [3.05, 3.63) is 71.3 Å². The number of halogens is 2. The summed E-state index contributed by atoms with van der Waals surface area (Å²) >= 11 is 0. The normalized spacial score (nSPS) is 18.6. The summed E-state index contributed by atoms with van der Waals surface area (Å²) in [6.45, 7) is 0.821. The van der Waals surface area contributed by atoms with Gasteiger partial charge in [0.15, 0.2) is 0 Å². The number of carbonyl (C=O) groups is 3. The van der Waals surface area contributed by atoms with E-state index in [1.54, 1.807) is 36.2 Å². The second-order valence-electron chi connectivity index (χ2n) is 8.47. The number of urea groups is 1. The molecular weight excluding hydrogens is 460 g/mol. The number of rotatable bonds is 7. The van der Waals surface area contributed by atoms with Gasteiger partial charge in [0, 0.05) is 20.1 Å². The fourth-order valence-corrected chi connectivity index (χ4v) is 4.16. The van der Waals surface area contributed by atoms with E-state index in [1.165, 1.54) is 39.2 Å². The lowest BCUT2D eigenvalue weighted by Gasteiger charge is -2.51. The van der Waals surface area contributed by atoms with E-state index in [0.29, 0.717) is 5.56 Å². The van der Waals surface area contributed by atoms with Crippen LogP contribution in [0.15, 0.2) is 48.5 Å². The van der Waals surface area contributed by atoms with Gasteiger partial charge in [0.25, 0.3) is 0 Å². The van der Waals surface area contributed by atoms with Crippen LogP contribution in [0.4, 0.5) is 13.6 Å². The zero-order chi connectivity index (χ0) is 24.9. The van der Waals surface area contributed by atoms with Crippen molar-refractivity contribution in [2.75, 3.05) is 39.8 Å². The largest absolute Gasteiger partial charge is 0.375 e. The Hall–Kier alpha value is -3.57. The first-order chi connectivity index (χ1) is 16.8. The number of likely N-dealkylation sites (N-methyl/N-ethyl adjacent to an activating group) is 1. The van der Waals surface area contributed by atoms with Crippen LogP contribution < -0.4 is 5.32 Å². The number of piperazine rings is 1. The van der Waals surface area contributed by atoms with Gasteiger partial charge in [0.05, 0.1) is 26.3 Å². The molecule has 2 aromatic rings. The minimum Gasteiger partial charge on any atom is -0.375 e. The highest BCUT2D eigenvalue weighted by molar-refractivity contribution is 5.89. The van der Waals surface area contributed by atoms with Crippen LogP contribution in [0.1, 0.15) is 11.1 Å². The Balaban J connectivity index is 1.36. The second kappa shape index (κ2) is 10.8. The van der Waals surface area contributed by atoms with Crippen LogP contribution in [-0.4, -0.2) is 83.7 Å². The van der Waals surface area contributed by atoms with Crippen molar-refractivity contribution in [1.29, 1.82) is 0 Å². The third-order valence-electron chi connectivity index (χ3n) is 5.96. The summed E-state index contributed by atoms with van der Waals surface area (Å²) in [5.41, 5.74) is 1.41. The maximum absolute atomic E-state index is 13.3. The Morgan fingerprint density at radius 1 is 1.03 bits per heavy atom. The Kier molecular flexibility index (Phi) is 7.57. The zero-order valence-corrected chi connectivity index (χ0v) is 19.3. The van der Waals surface area contributed by atoms with Gasteiger partial charge in [-0.25, -0.2) is 23.6 Å². The minimum atomic E-state index is -0.671. The first kappa shape index (κ1) is 24.6. The molecule has 0 aromatic heterocycles. The molecule has 2 fully saturated rings. The average molecular weight is 488 g/mol. The predicted octanol–water partition coefficient (Wildman–Crippen LogP) is 1.55. The summed E-state index contributed by atoms with van der Waals surface area (Å²) in [5.74, 6) is -1.19. The van der Waals surface area contributed by atoms with Crippen molar-refractivity contribution in [3.63, 3.8) is 0 Å². The molecule has 0 saturated carbocycles. The standard InChI is InChI=1S/C24H27F2N5O4/c1-28-14-23(33)30-15-22(32)29(9-10-35-16-18-3-2-4-20(26)11-18)13-21(30)31(28)24(34)27-12-17-5-7-19(25)8-6-17/h2-8,11,21H,9-10,12-16H2,1H3,(H,27,34). The van der Waals surface area contributed by atoms with E-state index < -0.39 is 12.2 Å². The SMILES string of the molecule is CN1CC(=O)N2CC(=O)N(CCOCc3cccc(F)c3)CC2N1C(=O)NCc1ccc(F)cc1. The molecule has 1 atom stereocenters. The van der Waals surface area contributed by atoms with Crippen LogP contribution in [0.5, 0.6) is 0 Å². The quantitative estimate of drug-likeness (QED) is 0.599. The number of benzene rings is 2. The highest BCUT2D eigenvalue weighted by Crippen LogP contribution is 2.21. The van der Waals surface area contributed by atoms with Crippen LogP contribution in [0.25, 0.3) is 0 Å². The summed E-state index contributed by atoms with van der Waals surface area (Å²) in [6.07, 6.45) is -0.671. The number of fused-ring (bicyclic) bond motifs is 1. The van der Waals surface area contributed by atoms with E-state index >= 15 is 0 Å². The lowest BCUT2D eigenvalue weighted by atomic mass is 10.2. The van der Waals surface area contributed by atoms with Crippen molar-refractivity contribution in [1.82, 2.24) is 25.1 Å². The Bertz CT molecular complexity index is 1080. The molecule has 4 amide bonds. The van der Waals surface area contributed by atoms with Gasteiger partial charge in [-0.15, -0.1) is 0 Å². The number of hydrogen-bond donors (Lipinski definition) is 1. The van der Waals surface area contributed by atoms with Gasteiger partial charge in [0.1, 0.15) is 24.3 Å². The predicted molar refractivity (Wildman–Crippen MR) is 121 cm³/mol. The molecule has 4 rings (SSSR count). The molecule has 2 aromatic carbocycles. The Morgan fingerprint density at radius 3 is 2.54 bits per heavy atom. The van der Waals surface area contributed by atoms with Crippen molar-refractivity contribution in [3.8, 4) is 0 Å². The molecule has 2 saturated heterocycles. The molecular formula is C24H27F2N5O4. The van der Waals surface area contributed by atoms with E-state index in [4.69, 9.17) is 4.74 Å². The molecule has 1 N–H and O–H groups in total. The summed E-state index contributed by atoms with van der Waals surface area (Å²) in [5, 5.41) is 5.75. The molecule has 9 nitrogen and oxygen atoms in total. The molecule has 186 valence electrons. The van der Waals surface area contributed by atoms with Gasteiger partial charge in [-0.2, -0.15) is 0 Å². The molecule has 0 bridgehead atoms. The lowest BCUT2D eigenvalue weighted by Crippen LogP contribution is -2.73. The molecule has 0 spiro atoms. The van der Waals surface area contributed by atoms with E-state index in [9.17, 15) is 23.2 Å². The Labute approximate surface area is 201 Å². The topological polar surface area (TPSA) is 85.4 Å². The van der Waals surface area contributed by atoms with Crippen molar-refractivity contribution < 1.29 is 27.9 Å². The van der Waals surface area contributed by atoms with Crippen LogP contribution in [0.3, 0.4) is 0 Å². The average Bonchev–Trinajstić information content (AvgIpc) is 2.82. The maximum Gasteiger partial charge on any atom is 0.334 e.